The van der Waals surface area contributed by atoms with E-state index in [-0.39, 0.29) is 5.56 Å². The first kappa shape index (κ1) is 15.9. The number of rotatable bonds is 2. The van der Waals surface area contributed by atoms with E-state index in [1.54, 1.807) is 25.1 Å². The number of carbonyl (C=O) groups is 2. The monoisotopic (exact) mass is 441 g/mol. The second-order valence-corrected chi connectivity index (χ2v) is 6.27. The number of benzene rings is 1. The summed E-state index contributed by atoms with van der Waals surface area (Å²) in [7, 11) is 0. The highest BCUT2D eigenvalue weighted by Crippen LogP contribution is 2.24. The van der Waals surface area contributed by atoms with E-state index in [2.05, 4.69) is 10.1 Å². The van der Waals surface area contributed by atoms with Crippen LogP contribution in [-0.2, 0) is 0 Å². The van der Waals surface area contributed by atoms with Gasteiger partial charge in [-0.2, -0.15) is 9.78 Å². The van der Waals surface area contributed by atoms with Crippen molar-refractivity contribution in [3.05, 3.63) is 55.9 Å². The molecular formula is C15H9ClIN3O3. The van der Waals surface area contributed by atoms with Crippen LogP contribution in [0.1, 0.15) is 26.3 Å². The molecule has 0 fully saturated rings. The van der Waals surface area contributed by atoms with Gasteiger partial charge in [-0.1, -0.05) is 23.7 Å². The van der Waals surface area contributed by atoms with Gasteiger partial charge in [0.25, 0.3) is 5.91 Å². The fourth-order valence-corrected chi connectivity index (χ4v) is 3.18. The van der Waals surface area contributed by atoms with Crippen LogP contribution in [0.4, 0.5) is 0 Å². The summed E-state index contributed by atoms with van der Waals surface area (Å²) in [6.45, 7) is 1.77. The Labute approximate surface area is 149 Å². The van der Waals surface area contributed by atoms with Crippen LogP contribution in [0, 0.1) is 10.6 Å². The highest BCUT2D eigenvalue weighted by Gasteiger charge is 2.21. The Morgan fingerprint density at radius 2 is 2.09 bits per heavy atom. The van der Waals surface area contributed by atoms with Crippen LogP contribution in [0.3, 0.4) is 0 Å². The van der Waals surface area contributed by atoms with E-state index < -0.39 is 11.9 Å². The predicted octanol–water partition coefficient (Wildman–Crippen LogP) is 3.38. The van der Waals surface area contributed by atoms with Gasteiger partial charge in [0.05, 0.1) is 21.7 Å². The van der Waals surface area contributed by atoms with Crippen molar-refractivity contribution in [1.29, 1.82) is 0 Å². The van der Waals surface area contributed by atoms with E-state index in [0.29, 0.717) is 30.9 Å². The lowest BCUT2D eigenvalue weighted by Gasteiger charge is -2.07. The zero-order chi connectivity index (χ0) is 16.7. The fourth-order valence-electron chi connectivity index (χ4n) is 2.24. The van der Waals surface area contributed by atoms with E-state index in [1.165, 1.54) is 12.3 Å². The first-order valence-corrected chi connectivity index (χ1v) is 7.93. The van der Waals surface area contributed by atoms with Crippen LogP contribution in [0.25, 0.3) is 11.0 Å². The average molecular weight is 442 g/mol. The van der Waals surface area contributed by atoms with Crippen molar-refractivity contribution in [1.82, 2.24) is 14.8 Å². The summed E-state index contributed by atoms with van der Waals surface area (Å²) in [5.41, 5.74) is 1.82. The zero-order valence-corrected chi connectivity index (χ0v) is 14.7. The van der Waals surface area contributed by atoms with Gasteiger partial charge in [0.15, 0.2) is 0 Å². The van der Waals surface area contributed by atoms with Crippen molar-refractivity contribution in [3.8, 4) is 0 Å². The van der Waals surface area contributed by atoms with Gasteiger partial charge in [-0.05, 0) is 47.2 Å². The Morgan fingerprint density at radius 1 is 1.35 bits per heavy atom. The third kappa shape index (κ3) is 2.70. The molecule has 1 N–H and O–H groups in total. The molecule has 0 aliphatic heterocycles. The number of aromatic nitrogens is 3. The molecule has 0 unspecified atom stereocenters. The normalized spacial score (nSPS) is 10.9. The molecule has 8 heteroatoms. The summed E-state index contributed by atoms with van der Waals surface area (Å²) in [6.07, 6.45) is 1.24. The molecule has 0 amide bonds. The SMILES string of the molecule is Cc1cccc(Cl)c1C(=O)n1nc(I)c2ncc(C(=O)O)cc21. The molecule has 23 heavy (non-hydrogen) atoms. The molecule has 0 saturated heterocycles. The number of carbonyl (C=O) groups excluding carboxylic acids is 1. The Morgan fingerprint density at radius 3 is 2.74 bits per heavy atom. The number of carboxylic acid groups (broad SMARTS) is 1. The number of halogens is 2. The molecule has 0 aliphatic rings. The molecule has 1 aromatic carbocycles. The van der Waals surface area contributed by atoms with Gasteiger partial charge in [0.2, 0.25) is 0 Å². The maximum atomic E-state index is 12.8. The largest absolute Gasteiger partial charge is 0.478 e. The second kappa shape index (κ2) is 5.89. The molecule has 0 saturated carbocycles. The molecule has 0 radical (unpaired) electrons. The molecule has 2 aromatic heterocycles. The van der Waals surface area contributed by atoms with Crippen LogP contribution in [0.2, 0.25) is 5.02 Å². The summed E-state index contributed by atoms with van der Waals surface area (Å²) < 4.78 is 1.65. The highest BCUT2D eigenvalue weighted by molar-refractivity contribution is 14.1. The minimum atomic E-state index is -1.12. The number of carboxylic acids is 1. The van der Waals surface area contributed by atoms with Crippen molar-refractivity contribution >= 4 is 57.1 Å². The zero-order valence-electron chi connectivity index (χ0n) is 11.7. The second-order valence-electron chi connectivity index (χ2n) is 4.84. The molecule has 0 bridgehead atoms. The van der Waals surface area contributed by atoms with Gasteiger partial charge < -0.3 is 5.11 Å². The van der Waals surface area contributed by atoms with Crippen molar-refractivity contribution in [2.24, 2.45) is 0 Å². The van der Waals surface area contributed by atoms with Crippen molar-refractivity contribution in [3.63, 3.8) is 0 Å². The third-order valence-electron chi connectivity index (χ3n) is 3.35. The third-order valence-corrected chi connectivity index (χ3v) is 4.40. The number of nitrogens with zero attached hydrogens (tertiary/aromatic N) is 3. The molecule has 0 spiro atoms. The van der Waals surface area contributed by atoms with E-state index in [0.717, 1.165) is 4.68 Å². The van der Waals surface area contributed by atoms with Crippen LogP contribution >= 0.6 is 34.2 Å². The molecule has 6 nitrogen and oxygen atoms in total. The smallest absolute Gasteiger partial charge is 0.337 e. The van der Waals surface area contributed by atoms with E-state index in [4.69, 9.17) is 16.7 Å². The molecule has 116 valence electrons. The minimum absolute atomic E-state index is 0.0151. The molecule has 3 aromatic rings. The first-order valence-electron chi connectivity index (χ1n) is 6.47. The van der Waals surface area contributed by atoms with Gasteiger partial charge in [-0.3, -0.25) is 9.78 Å². The van der Waals surface area contributed by atoms with E-state index in [9.17, 15) is 9.59 Å². The summed E-state index contributed by atoms with van der Waals surface area (Å²) in [6, 6.07) is 6.53. The van der Waals surface area contributed by atoms with E-state index in [1.807, 2.05) is 22.6 Å². The number of pyridine rings is 1. The summed E-state index contributed by atoms with van der Waals surface area (Å²) in [4.78, 5) is 28.1. The molecule has 0 atom stereocenters. The van der Waals surface area contributed by atoms with Crippen LogP contribution in [0.5, 0.6) is 0 Å². The number of aromatic carboxylic acids is 1. The minimum Gasteiger partial charge on any atom is -0.478 e. The van der Waals surface area contributed by atoms with Crippen LogP contribution < -0.4 is 0 Å². The summed E-state index contributed by atoms with van der Waals surface area (Å²) in [5.74, 6) is -1.55. The Bertz CT molecular complexity index is 948. The standard InChI is InChI=1S/C15H9ClIN3O3/c1-7-3-2-4-9(16)11(7)14(21)20-10-5-8(15(22)23)6-18-12(10)13(17)19-20/h2-6H,1H3,(H,22,23). The van der Waals surface area contributed by atoms with Gasteiger partial charge >= 0.3 is 5.97 Å². The molecule has 3 rings (SSSR count). The average Bonchev–Trinajstić information content (AvgIpc) is 2.83. The number of aryl methyl sites for hydroxylation is 1. The predicted molar refractivity (Wildman–Crippen MR) is 93.1 cm³/mol. The van der Waals surface area contributed by atoms with Gasteiger partial charge in [0.1, 0.15) is 9.22 Å². The van der Waals surface area contributed by atoms with Gasteiger partial charge in [-0.25, -0.2) is 4.79 Å². The van der Waals surface area contributed by atoms with Crippen molar-refractivity contribution < 1.29 is 14.7 Å². The maximum Gasteiger partial charge on any atom is 0.337 e. The number of fused-ring (bicyclic) bond motifs is 1. The molecule has 0 aliphatic carbocycles. The van der Waals surface area contributed by atoms with Crippen LogP contribution in [-0.4, -0.2) is 31.7 Å². The lowest BCUT2D eigenvalue weighted by atomic mass is 10.1. The molecular weight excluding hydrogens is 433 g/mol. The fraction of sp³-hybridized carbons (Fsp3) is 0.0667. The Kier molecular flexibility index (Phi) is 4.07. The topological polar surface area (TPSA) is 85.1 Å². The maximum absolute atomic E-state index is 12.8. The Balaban J connectivity index is 2.25. The van der Waals surface area contributed by atoms with Gasteiger partial charge in [0, 0.05) is 6.20 Å². The van der Waals surface area contributed by atoms with Crippen molar-refractivity contribution in [2.75, 3.05) is 0 Å². The quantitative estimate of drug-likeness (QED) is 0.616. The first-order chi connectivity index (χ1) is 10.9. The lowest BCUT2D eigenvalue weighted by Crippen LogP contribution is -2.16. The summed E-state index contributed by atoms with van der Waals surface area (Å²) in [5, 5.41) is 13.6. The van der Waals surface area contributed by atoms with E-state index >= 15 is 0 Å². The highest BCUT2D eigenvalue weighted by atomic mass is 127. The van der Waals surface area contributed by atoms with Crippen molar-refractivity contribution in [2.45, 2.75) is 6.92 Å². The Hall–Kier alpha value is -2.00. The lowest BCUT2D eigenvalue weighted by molar-refractivity contribution is 0.0696. The summed E-state index contributed by atoms with van der Waals surface area (Å²) >= 11 is 8.09. The number of hydrogen-bond acceptors (Lipinski definition) is 4. The molecule has 2 heterocycles. The number of hydrogen-bond donors (Lipinski definition) is 1. The van der Waals surface area contributed by atoms with Gasteiger partial charge in [-0.15, -0.1) is 0 Å². The van der Waals surface area contributed by atoms with Crippen LogP contribution in [0.15, 0.2) is 30.5 Å².